The number of hydrazone groups is 1. The lowest BCUT2D eigenvalue weighted by Crippen LogP contribution is -2.21. The fraction of sp³-hybridized carbons (Fsp3) is 0.192. The number of rotatable bonds is 8. The highest BCUT2D eigenvalue weighted by Crippen LogP contribution is 2.23. The first-order chi connectivity index (χ1) is 15.9. The number of aromatic hydroxyl groups is 1. The summed E-state index contributed by atoms with van der Waals surface area (Å²) in [7, 11) is 0. The van der Waals surface area contributed by atoms with Crippen LogP contribution >= 0.6 is 0 Å². The average molecular weight is 445 g/mol. The molecule has 3 N–H and O–H groups in total. The molecule has 3 aromatic rings. The van der Waals surface area contributed by atoms with Gasteiger partial charge in [-0.15, -0.1) is 0 Å². The molecule has 0 radical (unpaired) electrons. The molecule has 0 aliphatic rings. The number of hydrogen-bond donors (Lipinski definition) is 3. The van der Waals surface area contributed by atoms with E-state index in [1.165, 1.54) is 6.21 Å². The van der Waals surface area contributed by atoms with Crippen LogP contribution in [0.5, 0.6) is 5.75 Å². The zero-order valence-corrected chi connectivity index (χ0v) is 19.0. The molecule has 0 saturated heterocycles. The molecule has 3 rings (SSSR count). The van der Waals surface area contributed by atoms with E-state index in [-0.39, 0.29) is 11.7 Å². The molecule has 0 fully saturated rings. The maximum Gasteiger partial charge on any atom is 0.271 e. The Bertz CT molecular complexity index is 1150. The van der Waals surface area contributed by atoms with Crippen molar-refractivity contribution in [3.63, 3.8) is 0 Å². The number of carbonyl (C=O) groups is 2. The van der Waals surface area contributed by atoms with Gasteiger partial charge in [0.1, 0.15) is 5.75 Å². The minimum atomic E-state index is -0.401. The number of nitrogens with one attached hydrogen (secondary N) is 2. The van der Waals surface area contributed by atoms with Crippen molar-refractivity contribution in [2.75, 3.05) is 23.3 Å². The predicted molar refractivity (Wildman–Crippen MR) is 132 cm³/mol. The van der Waals surface area contributed by atoms with Gasteiger partial charge in [-0.3, -0.25) is 9.59 Å². The molecule has 2 amide bonds. The van der Waals surface area contributed by atoms with E-state index >= 15 is 0 Å². The zero-order chi connectivity index (χ0) is 23.8. The number of anilines is 2. The number of amides is 2. The first kappa shape index (κ1) is 23.5. The van der Waals surface area contributed by atoms with Crippen molar-refractivity contribution in [3.05, 3.63) is 89.0 Å². The summed E-state index contributed by atoms with van der Waals surface area (Å²) in [5.41, 5.74) is 6.34. The Balaban J connectivity index is 1.59. The van der Waals surface area contributed by atoms with Gasteiger partial charge in [0.25, 0.3) is 11.8 Å². The van der Waals surface area contributed by atoms with E-state index in [9.17, 15) is 14.7 Å². The predicted octanol–water partition coefficient (Wildman–Crippen LogP) is 4.56. The van der Waals surface area contributed by atoms with Crippen molar-refractivity contribution >= 4 is 29.4 Å². The number of nitrogens with zero attached hydrogens (tertiary/aromatic N) is 2. The number of carbonyl (C=O) groups excluding carboxylic acids is 2. The summed E-state index contributed by atoms with van der Waals surface area (Å²) in [6.45, 7) is 7.66. The third kappa shape index (κ3) is 5.98. The Labute approximate surface area is 193 Å². The van der Waals surface area contributed by atoms with Crippen molar-refractivity contribution in [1.29, 1.82) is 0 Å². The number of phenolic OH excluding ortho intramolecular Hbond substituents is 1. The molecule has 7 heteroatoms. The van der Waals surface area contributed by atoms with Crippen molar-refractivity contribution in [2.24, 2.45) is 5.10 Å². The molecule has 0 aliphatic carbocycles. The molecular weight excluding hydrogens is 416 g/mol. The fourth-order valence-corrected chi connectivity index (χ4v) is 3.38. The van der Waals surface area contributed by atoms with Gasteiger partial charge >= 0.3 is 0 Å². The van der Waals surface area contributed by atoms with E-state index in [1.807, 2.05) is 31.2 Å². The Morgan fingerprint density at radius 2 is 1.67 bits per heavy atom. The second-order valence-corrected chi connectivity index (χ2v) is 7.46. The highest BCUT2D eigenvalue weighted by molar-refractivity contribution is 6.05. The third-order valence-corrected chi connectivity index (χ3v) is 5.31. The van der Waals surface area contributed by atoms with Crippen molar-refractivity contribution < 1.29 is 14.7 Å². The van der Waals surface area contributed by atoms with Crippen LogP contribution in [0.15, 0.2) is 71.8 Å². The van der Waals surface area contributed by atoms with Gasteiger partial charge in [0.15, 0.2) is 0 Å². The first-order valence-corrected chi connectivity index (χ1v) is 10.8. The Kier molecular flexibility index (Phi) is 7.81. The van der Waals surface area contributed by atoms with Gasteiger partial charge in [-0.25, -0.2) is 5.43 Å². The largest absolute Gasteiger partial charge is 0.507 e. The molecule has 0 spiro atoms. The molecule has 33 heavy (non-hydrogen) atoms. The third-order valence-electron chi connectivity index (χ3n) is 5.31. The average Bonchev–Trinajstić information content (AvgIpc) is 2.82. The molecule has 0 aromatic heterocycles. The number of benzene rings is 3. The second kappa shape index (κ2) is 10.9. The quantitative estimate of drug-likeness (QED) is 0.351. The summed E-state index contributed by atoms with van der Waals surface area (Å²) < 4.78 is 0. The number of aryl methyl sites for hydroxylation is 1. The van der Waals surface area contributed by atoms with E-state index in [2.05, 4.69) is 34.6 Å². The Morgan fingerprint density at radius 1 is 0.970 bits per heavy atom. The van der Waals surface area contributed by atoms with Gasteiger partial charge in [-0.05, 0) is 68.8 Å². The van der Waals surface area contributed by atoms with Crippen molar-refractivity contribution in [1.82, 2.24) is 5.43 Å². The molecule has 0 bridgehead atoms. The molecule has 7 nitrogen and oxygen atoms in total. The summed E-state index contributed by atoms with van der Waals surface area (Å²) >= 11 is 0. The lowest BCUT2D eigenvalue weighted by Gasteiger charge is -2.21. The number of hydrogen-bond acceptors (Lipinski definition) is 5. The van der Waals surface area contributed by atoms with Crippen LogP contribution < -0.4 is 15.6 Å². The Hall–Kier alpha value is -4.13. The fourth-order valence-electron chi connectivity index (χ4n) is 3.38. The van der Waals surface area contributed by atoms with Crippen LogP contribution in [0, 0.1) is 6.92 Å². The number of phenols is 1. The Morgan fingerprint density at radius 3 is 2.30 bits per heavy atom. The lowest BCUT2D eigenvalue weighted by atomic mass is 10.1. The molecule has 0 atom stereocenters. The van der Waals surface area contributed by atoms with Crippen LogP contribution in [0.4, 0.5) is 11.4 Å². The van der Waals surface area contributed by atoms with E-state index in [0.29, 0.717) is 22.4 Å². The van der Waals surface area contributed by atoms with E-state index in [4.69, 9.17) is 0 Å². The van der Waals surface area contributed by atoms with Gasteiger partial charge in [0, 0.05) is 47.2 Å². The van der Waals surface area contributed by atoms with Gasteiger partial charge in [0.2, 0.25) is 0 Å². The highest BCUT2D eigenvalue weighted by Gasteiger charge is 2.10. The molecule has 3 aromatic carbocycles. The summed E-state index contributed by atoms with van der Waals surface area (Å²) in [4.78, 5) is 26.9. The van der Waals surface area contributed by atoms with Crippen molar-refractivity contribution in [2.45, 2.75) is 20.8 Å². The van der Waals surface area contributed by atoms with Gasteiger partial charge in [0.05, 0.1) is 6.21 Å². The minimum absolute atomic E-state index is 0.0890. The molecule has 0 saturated carbocycles. The van der Waals surface area contributed by atoms with Crippen LogP contribution in [-0.2, 0) is 0 Å². The maximum atomic E-state index is 12.4. The van der Waals surface area contributed by atoms with E-state index < -0.39 is 5.91 Å². The topological polar surface area (TPSA) is 94.0 Å². The second-order valence-electron chi connectivity index (χ2n) is 7.46. The smallest absolute Gasteiger partial charge is 0.271 e. The SMILES string of the molecule is CCN(CC)c1ccc(C=NNC(=O)c2ccc(NC(=O)c3ccccc3C)cc2)c(O)c1. The lowest BCUT2D eigenvalue weighted by molar-refractivity contribution is 0.0954. The molecule has 0 unspecified atom stereocenters. The highest BCUT2D eigenvalue weighted by atomic mass is 16.3. The van der Waals surface area contributed by atoms with Gasteiger partial charge in [-0.1, -0.05) is 18.2 Å². The summed E-state index contributed by atoms with van der Waals surface area (Å²) in [5, 5.41) is 17.0. The molecular formula is C26H28N4O3. The molecule has 0 heterocycles. The van der Waals surface area contributed by atoms with E-state index in [0.717, 1.165) is 24.3 Å². The molecule has 170 valence electrons. The van der Waals surface area contributed by atoms with Crippen LogP contribution in [-0.4, -0.2) is 36.2 Å². The maximum absolute atomic E-state index is 12.4. The summed E-state index contributed by atoms with van der Waals surface area (Å²) in [6.07, 6.45) is 1.40. The van der Waals surface area contributed by atoms with Crippen LogP contribution in [0.1, 0.15) is 45.7 Å². The van der Waals surface area contributed by atoms with Crippen LogP contribution in [0.25, 0.3) is 0 Å². The van der Waals surface area contributed by atoms with Gasteiger partial charge < -0.3 is 15.3 Å². The zero-order valence-electron chi connectivity index (χ0n) is 19.0. The van der Waals surface area contributed by atoms with Crippen molar-refractivity contribution in [3.8, 4) is 5.75 Å². The molecule has 0 aliphatic heterocycles. The van der Waals surface area contributed by atoms with Gasteiger partial charge in [-0.2, -0.15) is 5.10 Å². The normalized spacial score (nSPS) is 10.8. The monoisotopic (exact) mass is 444 g/mol. The standard InChI is InChI=1S/C26H28N4O3/c1-4-30(5-2)22-15-12-20(24(31)16-22)17-27-29-25(32)19-10-13-21(14-11-19)28-26(33)23-9-7-6-8-18(23)3/h6-17,31H,4-5H2,1-3H3,(H,28,33)(H,29,32). The van der Waals surface area contributed by atoms with Crippen LogP contribution in [0.2, 0.25) is 0 Å². The summed E-state index contributed by atoms with van der Waals surface area (Å²) in [6, 6.07) is 19.2. The minimum Gasteiger partial charge on any atom is -0.507 e. The van der Waals surface area contributed by atoms with E-state index in [1.54, 1.807) is 42.5 Å². The first-order valence-electron chi connectivity index (χ1n) is 10.8. The van der Waals surface area contributed by atoms with Crippen LogP contribution in [0.3, 0.4) is 0 Å². The summed E-state index contributed by atoms with van der Waals surface area (Å²) in [5.74, 6) is -0.518.